The highest BCUT2D eigenvalue weighted by Gasteiger charge is 2.18. The van der Waals surface area contributed by atoms with E-state index >= 15 is 0 Å². The molecular weight excluding hydrogens is 310 g/mol. The first-order valence-electron chi connectivity index (χ1n) is 9.50. The largest absolute Gasteiger partial charge is 0.373 e. The summed E-state index contributed by atoms with van der Waals surface area (Å²) in [7, 11) is 2.15. The molecule has 2 rings (SSSR count). The number of hydrogen-bond acceptors (Lipinski definition) is 3. The first kappa shape index (κ1) is 19.8. The van der Waals surface area contributed by atoms with Crippen LogP contribution in [0.2, 0.25) is 0 Å². The van der Waals surface area contributed by atoms with Crippen LogP contribution in [0, 0.1) is 19.3 Å². The number of amides is 1. The number of nitrogens with one attached hydrogen (secondary N) is 1. The van der Waals surface area contributed by atoms with Crippen molar-refractivity contribution in [3.8, 4) is 0 Å². The highest BCUT2D eigenvalue weighted by atomic mass is 16.1. The molecule has 1 aliphatic heterocycles. The van der Waals surface area contributed by atoms with Gasteiger partial charge in [-0.05, 0) is 68.5 Å². The highest BCUT2D eigenvalue weighted by Crippen LogP contribution is 2.28. The van der Waals surface area contributed by atoms with Gasteiger partial charge >= 0.3 is 0 Å². The molecule has 0 aromatic heterocycles. The Morgan fingerprint density at radius 2 is 1.72 bits per heavy atom. The molecule has 1 aromatic carbocycles. The van der Waals surface area contributed by atoms with E-state index in [-0.39, 0.29) is 11.3 Å². The lowest BCUT2D eigenvalue weighted by atomic mass is 9.92. The molecular formula is C21H35N3O. The summed E-state index contributed by atoms with van der Waals surface area (Å²) in [6.07, 6.45) is 3.21. The molecule has 1 saturated heterocycles. The fourth-order valence-electron chi connectivity index (χ4n) is 3.45. The Morgan fingerprint density at radius 1 is 1.16 bits per heavy atom. The van der Waals surface area contributed by atoms with E-state index in [0.717, 1.165) is 29.9 Å². The van der Waals surface area contributed by atoms with Gasteiger partial charge in [-0.2, -0.15) is 0 Å². The molecule has 0 aliphatic carbocycles. The number of anilines is 2. The van der Waals surface area contributed by atoms with Crippen LogP contribution in [0.5, 0.6) is 0 Å². The van der Waals surface area contributed by atoms with Crippen LogP contribution >= 0.6 is 0 Å². The van der Waals surface area contributed by atoms with Crippen LogP contribution in [-0.2, 0) is 4.79 Å². The van der Waals surface area contributed by atoms with Gasteiger partial charge in [0.1, 0.15) is 0 Å². The Labute approximate surface area is 153 Å². The molecule has 0 spiro atoms. The van der Waals surface area contributed by atoms with Crippen LogP contribution in [0.4, 0.5) is 11.4 Å². The van der Waals surface area contributed by atoms with Gasteiger partial charge in [0.05, 0.1) is 0 Å². The van der Waals surface area contributed by atoms with Crippen molar-refractivity contribution >= 4 is 17.3 Å². The van der Waals surface area contributed by atoms with Crippen molar-refractivity contribution in [2.45, 2.75) is 53.9 Å². The predicted molar refractivity (Wildman–Crippen MR) is 108 cm³/mol. The first-order valence-corrected chi connectivity index (χ1v) is 9.50. The zero-order valence-electron chi connectivity index (χ0n) is 16.9. The summed E-state index contributed by atoms with van der Waals surface area (Å²) < 4.78 is 0. The standard InChI is InChI=1S/C21H35N3O/c1-16-13-18(23(6)11-12-24-9-7-8-10-24)14-17(2)20(16)22-19(25)15-21(3,4)5/h13-14H,7-12,15H2,1-6H3,(H,22,25). The van der Waals surface area contributed by atoms with Crippen LogP contribution in [0.3, 0.4) is 0 Å². The summed E-state index contributed by atoms with van der Waals surface area (Å²) in [6, 6.07) is 4.37. The number of nitrogens with zero attached hydrogens (tertiary/aromatic N) is 2. The average Bonchev–Trinajstić information content (AvgIpc) is 2.99. The topological polar surface area (TPSA) is 35.6 Å². The number of carbonyl (C=O) groups is 1. The molecule has 1 fully saturated rings. The van der Waals surface area contributed by atoms with Gasteiger partial charge in [0.2, 0.25) is 5.91 Å². The summed E-state index contributed by atoms with van der Waals surface area (Å²) in [5.74, 6) is 0.0915. The number of rotatable bonds is 6. The molecule has 4 heteroatoms. The van der Waals surface area contributed by atoms with Gasteiger partial charge in [0.25, 0.3) is 0 Å². The molecule has 140 valence electrons. The van der Waals surface area contributed by atoms with E-state index in [4.69, 9.17) is 0 Å². The Hall–Kier alpha value is -1.55. The Morgan fingerprint density at radius 3 is 2.24 bits per heavy atom. The Bertz CT molecular complexity index is 575. The van der Waals surface area contributed by atoms with Crippen molar-refractivity contribution in [1.82, 2.24) is 4.90 Å². The van der Waals surface area contributed by atoms with Gasteiger partial charge < -0.3 is 15.1 Å². The van der Waals surface area contributed by atoms with Crippen molar-refractivity contribution in [2.24, 2.45) is 5.41 Å². The van der Waals surface area contributed by atoms with Crippen LogP contribution in [0.15, 0.2) is 12.1 Å². The number of carbonyl (C=O) groups excluding carboxylic acids is 1. The van der Waals surface area contributed by atoms with Crippen LogP contribution in [0.1, 0.15) is 51.2 Å². The van der Waals surface area contributed by atoms with Gasteiger partial charge in [0, 0.05) is 37.9 Å². The van der Waals surface area contributed by atoms with Crippen molar-refractivity contribution < 1.29 is 4.79 Å². The van der Waals surface area contributed by atoms with Gasteiger partial charge in [-0.3, -0.25) is 4.79 Å². The summed E-state index contributed by atoms with van der Waals surface area (Å²) in [6.45, 7) is 15.1. The fourth-order valence-corrected chi connectivity index (χ4v) is 3.45. The van der Waals surface area contributed by atoms with Gasteiger partial charge in [-0.25, -0.2) is 0 Å². The molecule has 25 heavy (non-hydrogen) atoms. The van der Waals surface area contributed by atoms with E-state index in [1.807, 2.05) is 0 Å². The second kappa shape index (κ2) is 8.22. The van der Waals surface area contributed by atoms with Crippen molar-refractivity contribution in [3.63, 3.8) is 0 Å². The number of hydrogen-bond donors (Lipinski definition) is 1. The SMILES string of the molecule is Cc1cc(N(C)CCN2CCCC2)cc(C)c1NC(=O)CC(C)(C)C. The van der Waals surface area contributed by atoms with Crippen molar-refractivity contribution in [1.29, 1.82) is 0 Å². The third-order valence-corrected chi connectivity index (χ3v) is 4.86. The van der Waals surface area contributed by atoms with Crippen LogP contribution in [-0.4, -0.2) is 44.0 Å². The van der Waals surface area contributed by atoms with Gasteiger partial charge in [-0.1, -0.05) is 20.8 Å². The predicted octanol–water partition coefficient (Wildman–Crippen LogP) is 4.21. The molecule has 1 aromatic rings. The van der Waals surface area contributed by atoms with E-state index in [9.17, 15) is 4.79 Å². The molecule has 0 atom stereocenters. The minimum absolute atomic E-state index is 0.00161. The average molecular weight is 346 g/mol. The zero-order chi connectivity index (χ0) is 18.6. The second-order valence-corrected chi connectivity index (χ2v) is 8.71. The minimum Gasteiger partial charge on any atom is -0.373 e. The third kappa shape index (κ3) is 6.03. The van der Waals surface area contributed by atoms with Crippen molar-refractivity contribution in [3.05, 3.63) is 23.3 Å². The van der Waals surface area contributed by atoms with Gasteiger partial charge in [-0.15, -0.1) is 0 Å². The lowest BCUT2D eigenvalue weighted by Crippen LogP contribution is -2.31. The molecule has 4 nitrogen and oxygen atoms in total. The van der Waals surface area contributed by atoms with Crippen LogP contribution in [0.25, 0.3) is 0 Å². The summed E-state index contributed by atoms with van der Waals surface area (Å²) in [4.78, 5) is 17.1. The second-order valence-electron chi connectivity index (χ2n) is 8.71. The summed E-state index contributed by atoms with van der Waals surface area (Å²) in [5, 5.41) is 3.11. The number of likely N-dealkylation sites (tertiary alicyclic amines) is 1. The quantitative estimate of drug-likeness (QED) is 0.839. The van der Waals surface area contributed by atoms with Gasteiger partial charge in [0.15, 0.2) is 0 Å². The summed E-state index contributed by atoms with van der Waals surface area (Å²) in [5.41, 5.74) is 4.45. The Kier molecular flexibility index (Phi) is 6.50. The van der Waals surface area contributed by atoms with Crippen molar-refractivity contribution in [2.75, 3.05) is 43.4 Å². The first-order chi connectivity index (χ1) is 11.7. The molecule has 0 bridgehead atoms. The fraction of sp³-hybridized carbons (Fsp3) is 0.667. The molecule has 1 N–H and O–H groups in total. The molecule has 1 aliphatic rings. The molecule has 0 saturated carbocycles. The molecule has 1 heterocycles. The third-order valence-electron chi connectivity index (χ3n) is 4.86. The van der Waals surface area contributed by atoms with E-state index in [1.165, 1.54) is 31.6 Å². The lowest BCUT2D eigenvalue weighted by molar-refractivity contribution is -0.117. The number of benzene rings is 1. The molecule has 1 amide bonds. The van der Waals surface area contributed by atoms with Crippen LogP contribution < -0.4 is 10.2 Å². The lowest BCUT2D eigenvalue weighted by Gasteiger charge is -2.25. The van der Waals surface area contributed by atoms with E-state index < -0.39 is 0 Å². The monoisotopic (exact) mass is 345 g/mol. The highest BCUT2D eigenvalue weighted by molar-refractivity contribution is 5.93. The zero-order valence-corrected chi connectivity index (χ0v) is 16.9. The van der Waals surface area contributed by atoms with E-state index in [2.05, 4.69) is 68.9 Å². The normalized spacial score (nSPS) is 15.4. The van der Waals surface area contributed by atoms with E-state index in [0.29, 0.717) is 6.42 Å². The van der Waals surface area contributed by atoms with E-state index in [1.54, 1.807) is 0 Å². The maximum Gasteiger partial charge on any atom is 0.224 e. The summed E-state index contributed by atoms with van der Waals surface area (Å²) >= 11 is 0. The number of aryl methyl sites for hydroxylation is 2. The maximum absolute atomic E-state index is 12.3. The molecule has 0 radical (unpaired) electrons. The minimum atomic E-state index is 0.00161. The molecule has 0 unspecified atom stereocenters. The smallest absolute Gasteiger partial charge is 0.224 e. The Balaban J connectivity index is 2.01. The number of likely N-dealkylation sites (N-methyl/N-ethyl adjacent to an activating group) is 1. The maximum atomic E-state index is 12.3.